The number of methoxy groups -OCH3 is 1. The number of benzene rings is 1. The third-order valence-electron chi connectivity index (χ3n) is 4.61. The van der Waals surface area contributed by atoms with Crippen molar-refractivity contribution in [3.8, 4) is 0 Å². The van der Waals surface area contributed by atoms with Crippen molar-refractivity contribution in [3.05, 3.63) is 42.1 Å². The molecule has 1 aromatic heterocycles. The fourth-order valence-electron chi connectivity index (χ4n) is 3.30. The lowest BCUT2D eigenvalue weighted by Crippen LogP contribution is -2.39. The summed E-state index contributed by atoms with van der Waals surface area (Å²) in [5.41, 5.74) is 1.10. The Bertz CT molecular complexity index is 735. The summed E-state index contributed by atoms with van der Waals surface area (Å²) in [4.78, 5) is 23.2. The second kappa shape index (κ2) is 7.96. The number of nitrogens with one attached hydrogen (secondary N) is 1. The topological polar surface area (TPSA) is 67.4 Å². The van der Waals surface area contributed by atoms with Crippen molar-refractivity contribution in [2.45, 2.75) is 38.6 Å². The van der Waals surface area contributed by atoms with Gasteiger partial charge in [0.2, 0.25) is 5.95 Å². The smallest absolute Gasteiger partial charge is 0.339 e. The van der Waals surface area contributed by atoms with E-state index in [2.05, 4.69) is 27.1 Å². The van der Waals surface area contributed by atoms with Crippen molar-refractivity contribution >= 4 is 23.4 Å². The normalized spacial score (nSPS) is 17.2. The minimum Gasteiger partial charge on any atom is -0.465 e. The minimum atomic E-state index is -0.388. The maximum absolute atomic E-state index is 11.9. The maximum Gasteiger partial charge on any atom is 0.339 e. The molecule has 0 radical (unpaired) electrons. The Hall–Kier alpha value is -2.63. The number of para-hydroxylation sites is 1. The lowest BCUT2D eigenvalue weighted by atomic mass is 10.0. The lowest BCUT2D eigenvalue weighted by molar-refractivity contribution is 0.0602. The molecule has 0 amide bonds. The Morgan fingerprint density at radius 3 is 2.96 bits per heavy atom. The number of ether oxygens (including phenoxy) is 1. The monoisotopic (exact) mass is 340 g/mol. The average molecular weight is 340 g/mol. The van der Waals surface area contributed by atoms with Crippen molar-refractivity contribution in [1.29, 1.82) is 0 Å². The van der Waals surface area contributed by atoms with E-state index in [-0.39, 0.29) is 5.97 Å². The number of hydrogen-bond acceptors (Lipinski definition) is 6. The summed E-state index contributed by atoms with van der Waals surface area (Å²) in [7, 11) is 1.37. The third-order valence-corrected chi connectivity index (χ3v) is 4.61. The van der Waals surface area contributed by atoms with Crippen molar-refractivity contribution in [2.75, 3.05) is 23.9 Å². The van der Waals surface area contributed by atoms with Crippen LogP contribution in [0.4, 0.5) is 17.5 Å². The number of esters is 1. The molecule has 0 saturated carbocycles. The van der Waals surface area contributed by atoms with E-state index < -0.39 is 0 Å². The first-order valence-electron chi connectivity index (χ1n) is 8.77. The SMILES string of the molecule is CCC1CCCCN1c1ccnc(Nc2ccccc2C(=O)OC)n1. The van der Waals surface area contributed by atoms with Crippen LogP contribution in [0.5, 0.6) is 0 Å². The molecule has 2 heterocycles. The molecule has 1 aliphatic heterocycles. The van der Waals surface area contributed by atoms with Gasteiger partial charge in [-0.2, -0.15) is 4.98 Å². The molecule has 0 bridgehead atoms. The molecule has 2 aromatic rings. The van der Waals surface area contributed by atoms with Crippen LogP contribution in [0.2, 0.25) is 0 Å². The van der Waals surface area contributed by atoms with Gasteiger partial charge in [-0.1, -0.05) is 19.1 Å². The van der Waals surface area contributed by atoms with E-state index in [1.54, 1.807) is 18.3 Å². The van der Waals surface area contributed by atoms with Crippen LogP contribution in [-0.4, -0.2) is 35.6 Å². The predicted octanol–water partition coefficient (Wildman–Crippen LogP) is 3.78. The molecule has 1 fully saturated rings. The average Bonchev–Trinajstić information content (AvgIpc) is 2.68. The van der Waals surface area contributed by atoms with Gasteiger partial charge in [0, 0.05) is 18.8 Å². The first-order chi connectivity index (χ1) is 12.2. The summed E-state index contributed by atoms with van der Waals surface area (Å²) in [6.45, 7) is 3.24. The number of nitrogens with zero attached hydrogens (tertiary/aromatic N) is 3. The van der Waals surface area contributed by atoms with Gasteiger partial charge in [0.25, 0.3) is 0 Å². The molecule has 1 aliphatic rings. The first kappa shape index (κ1) is 17.2. The van der Waals surface area contributed by atoms with Crippen LogP contribution in [0.15, 0.2) is 36.5 Å². The summed E-state index contributed by atoms with van der Waals surface area (Å²) in [5.74, 6) is 1.02. The Kier molecular flexibility index (Phi) is 5.48. The van der Waals surface area contributed by atoms with E-state index in [9.17, 15) is 4.79 Å². The van der Waals surface area contributed by atoms with E-state index in [0.717, 1.165) is 18.8 Å². The second-order valence-corrected chi connectivity index (χ2v) is 6.15. The maximum atomic E-state index is 11.9. The van der Waals surface area contributed by atoms with E-state index in [4.69, 9.17) is 4.74 Å². The second-order valence-electron chi connectivity index (χ2n) is 6.15. The molecule has 6 heteroatoms. The van der Waals surface area contributed by atoms with E-state index in [1.165, 1.54) is 26.4 Å². The Balaban J connectivity index is 1.84. The largest absolute Gasteiger partial charge is 0.465 e. The summed E-state index contributed by atoms with van der Waals surface area (Å²) in [6.07, 6.45) is 6.53. The summed E-state index contributed by atoms with van der Waals surface area (Å²) in [5, 5.41) is 3.15. The number of carbonyl (C=O) groups excluding carboxylic acids is 1. The number of carbonyl (C=O) groups is 1. The van der Waals surface area contributed by atoms with Crippen LogP contribution in [0.25, 0.3) is 0 Å². The third kappa shape index (κ3) is 3.90. The van der Waals surface area contributed by atoms with Gasteiger partial charge in [0.1, 0.15) is 5.82 Å². The van der Waals surface area contributed by atoms with E-state index in [0.29, 0.717) is 23.2 Å². The number of anilines is 3. The molecule has 1 N–H and O–H groups in total. The molecular formula is C19H24N4O2. The fourth-order valence-corrected chi connectivity index (χ4v) is 3.30. The molecule has 3 rings (SSSR count). The van der Waals surface area contributed by atoms with E-state index in [1.807, 2.05) is 18.2 Å². The van der Waals surface area contributed by atoms with Gasteiger partial charge in [-0.05, 0) is 43.9 Å². The number of piperidine rings is 1. The Labute approximate surface area is 148 Å². The Morgan fingerprint density at radius 1 is 1.32 bits per heavy atom. The summed E-state index contributed by atoms with van der Waals surface area (Å²) < 4.78 is 4.83. The highest BCUT2D eigenvalue weighted by atomic mass is 16.5. The highest BCUT2D eigenvalue weighted by molar-refractivity contribution is 5.96. The molecule has 0 spiro atoms. The van der Waals surface area contributed by atoms with Crippen molar-refractivity contribution in [1.82, 2.24) is 9.97 Å². The Morgan fingerprint density at radius 2 is 2.16 bits per heavy atom. The van der Waals surface area contributed by atoms with Gasteiger partial charge < -0.3 is 15.0 Å². The highest BCUT2D eigenvalue weighted by Gasteiger charge is 2.22. The zero-order valence-corrected chi connectivity index (χ0v) is 14.7. The predicted molar refractivity (Wildman–Crippen MR) is 98.4 cm³/mol. The lowest BCUT2D eigenvalue weighted by Gasteiger charge is -2.36. The molecule has 1 saturated heterocycles. The fraction of sp³-hybridized carbons (Fsp3) is 0.421. The molecule has 1 aromatic carbocycles. The van der Waals surface area contributed by atoms with Crippen LogP contribution in [-0.2, 0) is 4.74 Å². The van der Waals surface area contributed by atoms with E-state index >= 15 is 0 Å². The molecule has 0 aliphatic carbocycles. The molecule has 1 atom stereocenters. The van der Waals surface area contributed by atoms with Crippen LogP contribution in [0, 0.1) is 0 Å². The van der Waals surface area contributed by atoms with Gasteiger partial charge in [0.15, 0.2) is 0 Å². The number of hydrogen-bond donors (Lipinski definition) is 1. The van der Waals surface area contributed by atoms with Gasteiger partial charge in [-0.3, -0.25) is 0 Å². The number of rotatable bonds is 5. The molecular weight excluding hydrogens is 316 g/mol. The first-order valence-corrected chi connectivity index (χ1v) is 8.77. The molecule has 132 valence electrons. The van der Waals surface area contributed by atoms with Crippen LogP contribution < -0.4 is 10.2 Å². The summed E-state index contributed by atoms with van der Waals surface area (Å²) in [6, 6.07) is 9.67. The van der Waals surface area contributed by atoms with Gasteiger partial charge in [0.05, 0.1) is 18.4 Å². The van der Waals surface area contributed by atoms with Gasteiger partial charge in [-0.15, -0.1) is 0 Å². The zero-order valence-electron chi connectivity index (χ0n) is 14.7. The van der Waals surface area contributed by atoms with Crippen LogP contribution >= 0.6 is 0 Å². The van der Waals surface area contributed by atoms with Gasteiger partial charge in [-0.25, -0.2) is 9.78 Å². The van der Waals surface area contributed by atoms with Crippen molar-refractivity contribution in [2.24, 2.45) is 0 Å². The zero-order chi connectivity index (χ0) is 17.6. The van der Waals surface area contributed by atoms with Crippen molar-refractivity contribution < 1.29 is 9.53 Å². The highest BCUT2D eigenvalue weighted by Crippen LogP contribution is 2.26. The molecule has 1 unspecified atom stereocenters. The minimum absolute atomic E-state index is 0.388. The quantitative estimate of drug-likeness (QED) is 0.836. The van der Waals surface area contributed by atoms with Crippen LogP contribution in [0.1, 0.15) is 43.0 Å². The summed E-state index contributed by atoms with van der Waals surface area (Å²) >= 11 is 0. The standard InChI is InChI=1S/C19H24N4O2/c1-3-14-8-6-7-13-23(14)17-11-12-20-19(22-17)21-16-10-5-4-9-15(16)18(24)25-2/h4-5,9-12,14H,3,6-8,13H2,1-2H3,(H,20,21,22). The molecule has 6 nitrogen and oxygen atoms in total. The van der Waals surface area contributed by atoms with Gasteiger partial charge >= 0.3 is 5.97 Å². The number of aromatic nitrogens is 2. The van der Waals surface area contributed by atoms with Crippen LogP contribution in [0.3, 0.4) is 0 Å². The van der Waals surface area contributed by atoms with Crippen molar-refractivity contribution in [3.63, 3.8) is 0 Å². The molecule has 25 heavy (non-hydrogen) atoms.